The van der Waals surface area contributed by atoms with Crippen molar-refractivity contribution >= 4 is 0 Å². The molecule has 0 amide bonds. The Morgan fingerprint density at radius 3 is 2.93 bits per heavy atom. The van der Waals surface area contributed by atoms with Gasteiger partial charge in [0.15, 0.2) is 0 Å². The maximum Gasteiger partial charge on any atom is 0.213 e. The standard InChI is InChI=1S/C11H12N2O2/c1-14-11-6-8(4-5-13-11)10-3-2-9(7-12)15-10/h2-6H,7,12H2,1H3. The highest BCUT2D eigenvalue weighted by atomic mass is 16.5. The Morgan fingerprint density at radius 1 is 1.40 bits per heavy atom. The van der Waals surface area contributed by atoms with Crippen LogP contribution >= 0.6 is 0 Å². The molecule has 2 N–H and O–H groups in total. The van der Waals surface area contributed by atoms with Gasteiger partial charge in [0.05, 0.1) is 13.7 Å². The van der Waals surface area contributed by atoms with Gasteiger partial charge in [-0.3, -0.25) is 0 Å². The van der Waals surface area contributed by atoms with Crippen molar-refractivity contribution in [2.24, 2.45) is 5.73 Å². The van der Waals surface area contributed by atoms with Gasteiger partial charge in [0.2, 0.25) is 5.88 Å². The van der Waals surface area contributed by atoms with Gasteiger partial charge in [-0.25, -0.2) is 4.98 Å². The van der Waals surface area contributed by atoms with Gasteiger partial charge in [-0.15, -0.1) is 0 Å². The van der Waals surface area contributed by atoms with E-state index >= 15 is 0 Å². The van der Waals surface area contributed by atoms with Gasteiger partial charge >= 0.3 is 0 Å². The highest BCUT2D eigenvalue weighted by Gasteiger charge is 2.04. The molecule has 0 fully saturated rings. The van der Waals surface area contributed by atoms with Crippen LogP contribution in [0.3, 0.4) is 0 Å². The highest BCUT2D eigenvalue weighted by Crippen LogP contribution is 2.23. The second-order valence-corrected chi connectivity index (χ2v) is 3.06. The summed E-state index contributed by atoms with van der Waals surface area (Å²) >= 11 is 0. The Morgan fingerprint density at radius 2 is 2.27 bits per heavy atom. The first kappa shape index (κ1) is 9.73. The largest absolute Gasteiger partial charge is 0.481 e. The predicted octanol–water partition coefficient (Wildman–Crippen LogP) is 1.81. The molecule has 0 radical (unpaired) electrons. The third-order valence-electron chi connectivity index (χ3n) is 2.09. The number of methoxy groups -OCH3 is 1. The topological polar surface area (TPSA) is 61.3 Å². The van der Waals surface area contributed by atoms with E-state index in [1.54, 1.807) is 13.3 Å². The first-order chi connectivity index (χ1) is 7.33. The zero-order valence-electron chi connectivity index (χ0n) is 8.43. The van der Waals surface area contributed by atoms with Gasteiger partial charge in [0.1, 0.15) is 11.5 Å². The molecule has 0 bridgehead atoms. The zero-order chi connectivity index (χ0) is 10.7. The molecule has 2 heterocycles. The van der Waals surface area contributed by atoms with E-state index in [1.165, 1.54) is 0 Å². The van der Waals surface area contributed by atoms with Crippen molar-refractivity contribution in [2.45, 2.75) is 6.54 Å². The number of nitrogens with two attached hydrogens (primary N) is 1. The van der Waals surface area contributed by atoms with E-state index in [9.17, 15) is 0 Å². The molecule has 4 nitrogen and oxygen atoms in total. The van der Waals surface area contributed by atoms with E-state index in [-0.39, 0.29) is 0 Å². The quantitative estimate of drug-likeness (QED) is 0.828. The average molecular weight is 204 g/mol. The van der Waals surface area contributed by atoms with Crippen LogP contribution in [0.5, 0.6) is 5.88 Å². The Labute approximate surface area is 87.7 Å². The molecule has 0 spiro atoms. The summed E-state index contributed by atoms with van der Waals surface area (Å²) in [5, 5.41) is 0. The summed E-state index contributed by atoms with van der Waals surface area (Å²) in [6.45, 7) is 0.405. The smallest absolute Gasteiger partial charge is 0.213 e. The lowest BCUT2D eigenvalue weighted by Crippen LogP contribution is -1.92. The van der Waals surface area contributed by atoms with Crippen molar-refractivity contribution in [2.75, 3.05) is 7.11 Å². The first-order valence-electron chi connectivity index (χ1n) is 4.62. The van der Waals surface area contributed by atoms with Crippen molar-refractivity contribution in [3.05, 3.63) is 36.2 Å². The lowest BCUT2D eigenvalue weighted by molar-refractivity contribution is 0.398. The van der Waals surface area contributed by atoms with Crippen LogP contribution in [-0.4, -0.2) is 12.1 Å². The van der Waals surface area contributed by atoms with Crippen LogP contribution in [-0.2, 0) is 6.54 Å². The first-order valence-corrected chi connectivity index (χ1v) is 4.62. The maximum absolute atomic E-state index is 5.51. The monoisotopic (exact) mass is 204 g/mol. The zero-order valence-corrected chi connectivity index (χ0v) is 8.43. The molecule has 78 valence electrons. The molecule has 0 aliphatic carbocycles. The van der Waals surface area contributed by atoms with Crippen molar-refractivity contribution in [3.63, 3.8) is 0 Å². The molecule has 0 aliphatic heterocycles. The molecule has 2 aromatic heterocycles. The maximum atomic E-state index is 5.51. The third-order valence-corrected chi connectivity index (χ3v) is 2.09. The van der Waals surface area contributed by atoms with E-state index in [0.29, 0.717) is 12.4 Å². The fraction of sp³-hybridized carbons (Fsp3) is 0.182. The number of ether oxygens (including phenoxy) is 1. The summed E-state index contributed by atoms with van der Waals surface area (Å²) in [4.78, 5) is 4.02. The van der Waals surface area contributed by atoms with Gasteiger partial charge in [-0.05, 0) is 18.2 Å². The normalized spacial score (nSPS) is 10.3. The summed E-state index contributed by atoms with van der Waals surface area (Å²) < 4.78 is 10.5. The van der Waals surface area contributed by atoms with Crippen molar-refractivity contribution in [3.8, 4) is 17.2 Å². The van der Waals surface area contributed by atoms with Crippen LogP contribution in [0.1, 0.15) is 5.76 Å². The molecule has 0 aromatic carbocycles. The summed E-state index contributed by atoms with van der Waals surface area (Å²) in [7, 11) is 1.58. The average Bonchev–Trinajstić information content (AvgIpc) is 2.78. The minimum atomic E-state index is 0.405. The van der Waals surface area contributed by atoms with Crippen LogP contribution in [0, 0.1) is 0 Å². The van der Waals surface area contributed by atoms with E-state index in [0.717, 1.165) is 17.1 Å². The predicted molar refractivity (Wildman–Crippen MR) is 56.4 cm³/mol. The van der Waals surface area contributed by atoms with E-state index < -0.39 is 0 Å². The molecule has 0 saturated heterocycles. The number of hydrogen-bond donors (Lipinski definition) is 1. The third kappa shape index (κ3) is 1.99. The molecule has 0 unspecified atom stereocenters. The van der Waals surface area contributed by atoms with E-state index in [2.05, 4.69) is 4.98 Å². The summed E-state index contributed by atoms with van der Waals surface area (Å²) in [6, 6.07) is 7.43. The van der Waals surface area contributed by atoms with E-state index in [4.69, 9.17) is 14.9 Å². The molecule has 2 aromatic rings. The van der Waals surface area contributed by atoms with Crippen molar-refractivity contribution in [1.82, 2.24) is 4.98 Å². The van der Waals surface area contributed by atoms with Gasteiger partial charge in [-0.1, -0.05) is 0 Å². The number of hydrogen-bond acceptors (Lipinski definition) is 4. The number of rotatable bonds is 3. The lowest BCUT2D eigenvalue weighted by Gasteiger charge is -2.00. The highest BCUT2D eigenvalue weighted by molar-refractivity contribution is 5.58. The van der Waals surface area contributed by atoms with E-state index in [1.807, 2.05) is 24.3 Å². The molecule has 2 rings (SSSR count). The minimum absolute atomic E-state index is 0.405. The van der Waals surface area contributed by atoms with Crippen LogP contribution < -0.4 is 10.5 Å². The Kier molecular flexibility index (Phi) is 2.69. The summed E-state index contributed by atoms with van der Waals surface area (Å²) in [5.74, 6) is 2.11. The van der Waals surface area contributed by atoms with Crippen LogP contribution in [0.15, 0.2) is 34.9 Å². The van der Waals surface area contributed by atoms with Crippen LogP contribution in [0.2, 0.25) is 0 Å². The molecular weight excluding hydrogens is 192 g/mol. The number of pyridine rings is 1. The molecule has 4 heteroatoms. The lowest BCUT2D eigenvalue weighted by atomic mass is 10.2. The SMILES string of the molecule is COc1cc(-c2ccc(CN)o2)ccn1. The molecule has 0 aliphatic rings. The number of nitrogens with zero attached hydrogens (tertiary/aromatic N) is 1. The number of aromatic nitrogens is 1. The van der Waals surface area contributed by atoms with Gasteiger partial charge < -0.3 is 14.9 Å². The second kappa shape index (κ2) is 4.14. The molecular formula is C11H12N2O2. The molecule has 0 atom stereocenters. The van der Waals surface area contributed by atoms with Gasteiger partial charge in [0.25, 0.3) is 0 Å². The van der Waals surface area contributed by atoms with Crippen LogP contribution in [0.4, 0.5) is 0 Å². The Hall–Kier alpha value is -1.81. The molecule has 0 saturated carbocycles. The molecule has 15 heavy (non-hydrogen) atoms. The number of furan rings is 1. The van der Waals surface area contributed by atoms with Crippen LogP contribution in [0.25, 0.3) is 11.3 Å². The fourth-order valence-corrected chi connectivity index (χ4v) is 1.32. The summed E-state index contributed by atoms with van der Waals surface area (Å²) in [6.07, 6.45) is 1.68. The second-order valence-electron chi connectivity index (χ2n) is 3.06. The fourth-order valence-electron chi connectivity index (χ4n) is 1.32. The summed E-state index contributed by atoms with van der Waals surface area (Å²) in [5.41, 5.74) is 6.40. The van der Waals surface area contributed by atoms with Crippen molar-refractivity contribution < 1.29 is 9.15 Å². The van der Waals surface area contributed by atoms with Gasteiger partial charge in [0, 0.05) is 17.8 Å². The van der Waals surface area contributed by atoms with Crippen molar-refractivity contribution in [1.29, 1.82) is 0 Å². The minimum Gasteiger partial charge on any atom is -0.481 e. The Balaban J connectivity index is 2.35. The van der Waals surface area contributed by atoms with Gasteiger partial charge in [-0.2, -0.15) is 0 Å². The Bertz CT molecular complexity index is 451.